The zero-order valence-corrected chi connectivity index (χ0v) is 14.0. The number of aromatic nitrogens is 4. The molecule has 0 aliphatic carbocycles. The molecule has 0 aliphatic heterocycles. The van der Waals surface area contributed by atoms with Gasteiger partial charge < -0.3 is 10.4 Å². The molecule has 136 valence electrons. The van der Waals surface area contributed by atoms with Crippen molar-refractivity contribution in [1.29, 1.82) is 0 Å². The molecule has 2 aromatic carbocycles. The van der Waals surface area contributed by atoms with E-state index in [-0.39, 0.29) is 12.1 Å². The number of aliphatic hydroxyl groups excluding tert-OH is 1. The van der Waals surface area contributed by atoms with Gasteiger partial charge in [-0.1, -0.05) is 36.4 Å². The highest BCUT2D eigenvalue weighted by Crippen LogP contribution is 2.24. The molecule has 0 radical (unpaired) electrons. The summed E-state index contributed by atoms with van der Waals surface area (Å²) in [6, 6.07) is 14.7. The minimum Gasteiger partial charge on any atom is -0.386 e. The molecule has 4 aromatic rings. The number of hydrogen-bond acceptors (Lipinski definition) is 5. The number of fused-ring (bicyclic) bond motifs is 1. The maximum atomic E-state index is 13.9. The third-order valence-electron chi connectivity index (χ3n) is 4.13. The molecule has 0 spiro atoms. The van der Waals surface area contributed by atoms with Crippen LogP contribution in [0.4, 0.5) is 14.6 Å². The second-order valence-electron chi connectivity index (χ2n) is 5.90. The van der Waals surface area contributed by atoms with Gasteiger partial charge in [-0.2, -0.15) is 14.6 Å². The summed E-state index contributed by atoms with van der Waals surface area (Å²) in [5.41, 5.74) is 1.16. The summed E-state index contributed by atoms with van der Waals surface area (Å²) in [5, 5.41) is 17.3. The predicted octanol–water partition coefficient (Wildman–Crippen LogP) is 3.22. The molecule has 2 heterocycles. The molecule has 6 nitrogen and oxygen atoms in total. The lowest BCUT2D eigenvalue weighted by Gasteiger charge is -2.15. The van der Waals surface area contributed by atoms with Crippen LogP contribution in [0.3, 0.4) is 0 Å². The average molecular weight is 367 g/mol. The van der Waals surface area contributed by atoms with Gasteiger partial charge in [0.25, 0.3) is 5.78 Å². The second kappa shape index (κ2) is 7.08. The van der Waals surface area contributed by atoms with Gasteiger partial charge in [0.05, 0.1) is 11.3 Å². The molecule has 8 heteroatoms. The van der Waals surface area contributed by atoms with E-state index in [0.717, 1.165) is 17.7 Å². The molecule has 1 atom stereocenters. The maximum absolute atomic E-state index is 13.9. The lowest BCUT2D eigenvalue weighted by atomic mass is 10.1. The molecule has 0 saturated carbocycles. The highest BCUT2D eigenvalue weighted by atomic mass is 19.1. The van der Waals surface area contributed by atoms with Crippen LogP contribution in [0.2, 0.25) is 0 Å². The van der Waals surface area contributed by atoms with Gasteiger partial charge in [0.15, 0.2) is 0 Å². The van der Waals surface area contributed by atoms with Crippen molar-refractivity contribution in [1.82, 2.24) is 19.6 Å². The van der Waals surface area contributed by atoms with Crippen molar-refractivity contribution in [3.63, 3.8) is 0 Å². The summed E-state index contributed by atoms with van der Waals surface area (Å²) in [6.07, 6.45) is -0.0204. The second-order valence-corrected chi connectivity index (χ2v) is 5.90. The minimum absolute atomic E-state index is 0.120. The summed E-state index contributed by atoms with van der Waals surface area (Å²) in [4.78, 5) is 8.54. The van der Waals surface area contributed by atoms with Crippen LogP contribution in [0.25, 0.3) is 17.0 Å². The van der Waals surface area contributed by atoms with E-state index in [9.17, 15) is 13.9 Å². The number of aliphatic hydroxyl groups is 1. The quantitative estimate of drug-likeness (QED) is 0.567. The standard InChI is InChI=1S/C19H15F2N5O/c20-13-7-4-8-14(21)18(13)16(27)10-22-17-9-15(12-5-2-1-3-6-12)25-19-23-11-24-26(17)19/h1-9,11,16,22,27H,10H2. The minimum atomic E-state index is -1.38. The van der Waals surface area contributed by atoms with Crippen molar-refractivity contribution in [2.75, 3.05) is 11.9 Å². The number of halogens is 2. The first kappa shape index (κ1) is 17.0. The molecule has 0 bridgehead atoms. The SMILES string of the molecule is OC(CNc1cc(-c2ccccc2)nc2ncnn12)c1c(F)cccc1F. The molecule has 1 unspecified atom stereocenters. The van der Waals surface area contributed by atoms with Gasteiger partial charge in [-0.25, -0.2) is 13.8 Å². The summed E-state index contributed by atoms with van der Waals surface area (Å²) in [6.45, 7) is -0.120. The van der Waals surface area contributed by atoms with Gasteiger partial charge in [0.1, 0.15) is 29.9 Å². The molecular formula is C19H15F2N5O. The monoisotopic (exact) mass is 367 g/mol. The summed E-state index contributed by atoms with van der Waals surface area (Å²) >= 11 is 0. The number of hydrogen-bond donors (Lipinski definition) is 2. The molecule has 27 heavy (non-hydrogen) atoms. The van der Waals surface area contributed by atoms with Crippen LogP contribution in [0.5, 0.6) is 0 Å². The van der Waals surface area contributed by atoms with Crippen LogP contribution in [0, 0.1) is 11.6 Å². The largest absolute Gasteiger partial charge is 0.386 e. The fourth-order valence-electron chi connectivity index (χ4n) is 2.83. The number of rotatable bonds is 5. The van der Waals surface area contributed by atoms with E-state index in [2.05, 4.69) is 20.4 Å². The fourth-order valence-corrected chi connectivity index (χ4v) is 2.83. The van der Waals surface area contributed by atoms with Crippen LogP contribution in [-0.2, 0) is 0 Å². The van der Waals surface area contributed by atoms with Crippen molar-refractivity contribution in [3.8, 4) is 11.3 Å². The van der Waals surface area contributed by atoms with Crippen LogP contribution in [-0.4, -0.2) is 31.2 Å². The van der Waals surface area contributed by atoms with Gasteiger partial charge in [-0.3, -0.25) is 0 Å². The zero-order chi connectivity index (χ0) is 18.8. The third-order valence-corrected chi connectivity index (χ3v) is 4.13. The van der Waals surface area contributed by atoms with Gasteiger partial charge >= 0.3 is 0 Å². The number of nitrogens with one attached hydrogen (secondary N) is 1. The van der Waals surface area contributed by atoms with Crippen LogP contribution < -0.4 is 5.32 Å². The van der Waals surface area contributed by atoms with Gasteiger partial charge in [0.2, 0.25) is 0 Å². The highest BCUT2D eigenvalue weighted by molar-refractivity contribution is 5.65. The van der Waals surface area contributed by atoms with E-state index >= 15 is 0 Å². The summed E-state index contributed by atoms with van der Waals surface area (Å²) < 4.78 is 29.2. The number of nitrogens with zero attached hydrogens (tertiary/aromatic N) is 4. The van der Waals surface area contributed by atoms with Crippen molar-refractivity contribution in [3.05, 3.63) is 78.1 Å². The smallest absolute Gasteiger partial charge is 0.254 e. The normalized spacial score (nSPS) is 12.3. The Morgan fingerprint density at radius 1 is 1.04 bits per heavy atom. The van der Waals surface area contributed by atoms with E-state index in [1.54, 1.807) is 6.07 Å². The Morgan fingerprint density at radius 3 is 2.52 bits per heavy atom. The third kappa shape index (κ3) is 3.34. The molecule has 2 aromatic heterocycles. The first-order valence-electron chi connectivity index (χ1n) is 8.25. The maximum Gasteiger partial charge on any atom is 0.254 e. The molecule has 0 amide bonds. The van der Waals surface area contributed by atoms with E-state index in [1.165, 1.54) is 16.9 Å². The predicted molar refractivity (Wildman–Crippen MR) is 96.0 cm³/mol. The van der Waals surface area contributed by atoms with Gasteiger partial charge in [0, 0.05) is 18.2 Å². The number of benzene rings is 2. The Balaban J connectivity index is 1.65. The lowest BCUT2D eigenvalue weighted by Crippen LogP contribution is -2.17. The Bertz CT molecular complexity index is 1060. The first-order valence-corrected chi connectivity index (χ1v) is 8.25. The molecule has 0 saturated heterocycles. The number of anilines is 1. The van der Waals surface area contributed by atoms with Gasteiger partial charge in [-0.05, 0) is 12.1 Å². The Kier molecular flexibility index (Phi) is 4.47. The Labute approximate surface area is 153 Å². The van der Waals surface area contributed by atoms with Crippen LogP contribution >= 0.6 is 0 Å². The Hall–Kier alpha value is -3.39. The average Bonchev–Trinajstić information content (AvgIpc) is 3.15. The Morgan fingerprint density at radius 2 is 1.78 bits per heavy atom. The molecule has 4 rings (SSSR count). The zero-order valence-electron chi connectivity index (χ0n) is 14.0. The van der Waals surface area contributed by atoms with E-state index in [1.807, 2.05) is 30.3 Å². The molecule has 0 fully saturated rings. The van der Waals surface area contributed by atoms with Crippen LogP contribution in [0.1, 0.15) is 11.7 Å². The van der Waals surface area contributed by atoms with Crippen LogP contribution in [0.15, 0.2) is 60.9 Å². The van der Waals surface area contributed by atoms with Crippen molar-refractivity contribution >= 4 is 11.6 Å². The van der Waals surface area contributed by atoms with Crippen molar-refractivity contribution < 1.29 is 13.9 Å². The summed E-state index contributed by atoms with van der Waals surface area (Å²) in [5.74, 6) is -0.734. The lowest BCUT2D eigenvalue weighted by molar-refractivity contribution is 0.181. The van der Waals surface area contributed by atoms with Crippen molar-refractivity contribution in [2.24, 2.45) is 0 Å². The summed E-state index contributed by atoms with van der Waals surface area (Å²) in [7, 11) is 0. The molecular weight excluding hydrogens is 352 g/mol. The van der Waals surface area contributed by atoms with Crippen molar-refractivity contribution in [2.45, 2.75) is 6.10 Å². The van der Waals surface area contributed by atoms with Gasteiger partial charge in [-0.15, -0.1) is 0 Å². The van der Waals surface area contributed by atoms with E-state index in [0.29, 0.717) is 17.3 Å². The topological polar surface area (TPSA) is 75.3 Å². The van der Waals surface area contributed by atoms with E-state index < -0.39 is 17.7 Å². The van der Waals surface area contributed by atoms with E-state index in [4.69, 9.17) is 0 Å². The molecule has 2 N–H and O–H groups in total. The molecule has 0 aliphatic rings. The fraction of sp³-hybridized carbons (Fsp3) is 0.105. The first-order chi connectivity index (χ1) is 13.1. The highest BCUT2D eigenvalue weighted by Gasteiger charge is 2.18.